The number of anilines is 1. The minimum Gasteiger partial charge on any atom is -0.367 e. The smallest absolute Gasteiger partial charge is 0.166 e. The van der Waals surface area contributed by atoms with Crippen molar-refractivity contribution >= 4 is 28.8 Å². The van der Waals surface area contributed by atoms with Gasteiger partial charge >= 0.3 is 0 Å². The van der Waals surface area contributed by atoms with Gasteiger partial charge in [0.2, 0.25) is 0 Å². The predicted molar refractivity (Wildman–Crippen MR) is 75.0 cm³/mol. The summed E-state index contributed by atoms with van der Waals surface area (Å²) in [4.78, 5) is 5.20. The van der Waals surface area contributed by atoms with Crippen molar-refractivity contribution in [3.63, 3.8) is 0 Å². The summed E-state index contributed by atoms with van der Waals surface area (Å²) in [6, 6.07) is 5.36. The van der Waals surface area contributed by atoms with Gasteiger partial charge in [0.15, 0.2) is 11.6 Å². The average Bonchev–Trinajstić information content (AvgIpc) is 2.82. The van der Waals surface area contributed by atoms with Gasteiger partial charge in [0.05, 0.1) is 5.02 Å². The second-order valence-electron chi connectivity index (χ2n) is 4.70. The standard InChI is InChI=1S/C13H14ClFN2S/c1-13(2,11-4-3-5-18-11)8-17-12-10(15)6-9(14)7-16-12/h3-7H,8H2,1-2H3,(H,16,17). The molecule has 2 nitrogen and oxygen atoms in total. The van der Waals surface area contributed by atoms with Crippen LogP contribution in [0.3, 0.4) is 0 Å². The maximum absolute atomic E-state index is 13.6. The minimum absolute atomic E-state index is 0.0675. The Morgan fingerprint density at radius 3 is 2.89 bits per heavy atom. The molecule has 5 heteroatoms. The molecular formula is C13H14ClFN2S. The molecule has 0 unspecified atom stereocenters. The summed E-state index contributed by atoms with van der Waals surface area (Å²) in [5.41, 5.74) is -0.0675. The van der Waals surface area contributed by atoms with E-state index in [4.69, 9.17) is 11.6 Å². The number of thiophene rings is 1. The molecular weight excluding hydrogens is 271 g/mol. The van der Waals surface area contributed by atoms with E-state index in [2.05, 4.69) is 30.2 Å². The molecule has 0 fully saturated rings. The van der Waals surface area contributed by atoms with E-state index in [-0.39, 0.29) is 11.2 Å². The molecule has 2 aromatic heterocycles. The highest BCUT2D eigenvalue weighted by atomic mass is 35.5. The summed E-state index contributed by atoms with van der Waals surface area (Å²) < 4.78 is 13.6. The molecule has 0 atom stereocenters. The van der Waals surface area contributed by atoms with Crippen molar-refractivity contribution in [3.8, 4) is 0 Å². The second-order valence-corrected chi connectivity index (χ2v) is 6.08. The topological polar surface area (TPSA) is 24.9 Å². The average molecular weight is 285 g/mol. The molecule has 0 saturated carbocycles. The third-order valence-corrected chi connectivity index (χ3v) is 4.14. The fourth-order valence-electron chi connectivity index (χ4n) is 1.60. The SMILES string of the molecule is CC(C)(CNc1ncc(Cl)cc1F)c1cccs1. The third kappa shape index (κ3) is 3.00. The first-order valence-electron chi connectivity index (χ1n) is 5.58. The quantitative estimate of drug-likeness (QED) is 0.904. The maximum Gasteiger partial charge on any atom is 0.166 e. The summed E-state index contributed by atoms with van der Waals surface area (Å²) in [7, 11) is 0. The Kier molecular flexibility index (Phi) is 3.88. The molecule has 0 aromatic carbocycles. The first kappa shape index (κ1) is 13.3. The molecule has 0 aliphatic heterocycles. The van der Waals surface area contributed by atoms with E-state index in [1.807, 2.05) is 11.4 Å². The van der Waals surface area contributed by atoms with Crippen LogP contribution in [0.2, 0.25) is 5.02 Å². The van der Waals surface area contributed by atoms with Gasteiger partial charge in [0, 0.05) is 23.0 Å². The van der Waals surface area contributed by atoms with Crippen molar-refractivity contribution < 1.29 is 4.39 Å². The molecule has 0 spiro atoms. The van der Waals surface area contributed by atoms with Gasteiger partial charge in [-0.2, -0.15) is 0 Å². The molecule has 2 heterocycles. The first-order valence-corrected chi connectivity index (χ1v) is 6.84. The van der Waals surface area contributed by atoms with Crippen LogP contribution in [-0.4, -0.2) is 11.5 Å². The van der Waals surface area contributed by atoms with Crippen LogP contribution in [0.4, 0.5) is 10.2 Å². The van der Waals surface area contributed by atoms with E-state index in [0.29, 0.717) is 11.6 Å². The monoisotopic (exact) mass is 284 g/mol. The van der Waals surface area contributed by atoms with E-state index in [0.717, 1.165) is 0 Å². The molecule has 2 rings (SSSR count). The van der Waals surface area contributed by atoms with Crippen molar-refractivity contribution in [2.24, 2.45) is 0 Å². The van der Waals surface area contributed by atoms with Crippen LogP contribution in [-0.2, 0) is 5.41 Å². The van der Waals surface area contributed by atoms with Gasteiger partial charge in [-0.05, 0) is 17.5 Å². The molecule has 2 aromatic rings. The highest BCUT2D eigenvalue weighted by Crippen LogP contribution is 2.28. The van der Waals surface area contributed by atoms with Crippen LogP contribution in [0, 0.1) is 5.82 Å². The highest BCUT2D eigenvalue weighted by molar-refractivity contribution is 7.10. The van der Waals surface area contributed by atoms with Gasteiger partial charge in [0.25, 0.3) is 0 Å². The zero-order valence-corrected chi connectivity index (χ0v) is 11.8. The number of rotatable bonds is 4. The lowest BCUT2D eigenvalue weighted by Gasteiger charge is -2.24. The van der Waals surface area contributed by atoms with Crippen molar-refractivity contribution in [2.75, 3.05) is 11.9 Å². The molecule has 0 radical (unpaired) electrons. The summed E-state index contributed by atoms with van der Waals surface area (Å²) in [6.07, 6.45) is 1.44. The number of hydrogen-bond donors (Lipinski definition) is 1. The Bertz CT molecular complexity index is 526. The third-order valence-electron chi connectivity index (χ3n) is 2.69. The van der Waals surface area contributed by atoms with Crippen LogP contribution in [0.25, 0.3) is 0 Å². The maximum atomic E-state index is 13.6. The number of nitrogens with zero attached hydrogens (tertiary/aromatic N) is 1. The van der Waals surface area contributed by atoms with Gasteiger partial charge in [-0.3, -0.25) is 0 Å². The first-order chi connectivity index (χ1) is 8.49. The van der Waals surface area contributed by atoms with E-state index in [9.17, 15) is 4.39 Å². The molecule has 0 aliphatic rings. The number of pyridine rings is 1. The van der Waals surface area contributed by atoms with Crippen molar-refractivity contribution in [1.29, 1.82) is 0 Å². The lowest BCUT2D eigenvalue weighted by Crippen LogP contribution is -2.27. The zero-order chi connectivity index (χ0) is 13.2. The van der Waals surface area contributed by atoms with Crippen LogP contribution in [0.5, 0.6) is 0 Å². The number of halogens is 2. The molecule has 0 aliphatic carbocycles. The number of aromatic nitrogens is 1. The van der Waals surface area contributed by atoms with Gasteiger partial charge in [-0.25, -0.2) is 9.37 Å². The largest absolute Gasteiger partial charge is 0.367 e. The Morgan fingerprint density at radius 1 is 1.50 bits per heavy atom. The van der Waals surface area contributed by atoms with Crippen LogP contribution in [0.1, 0.15) is 18.7 Å². The minimum atomic E-state index is -0.426. The van der Waals surface area contributed by atoms with Gasteiger partial charge in [-0.1, -0.05) is 31.5 Å². The summed E-state index contributed by atoms with van der Waals surface area (Å²) in [5, 5.41) is 5.37. The lowest BCUT2D eigenvalue weighted by molar-refractivity contribution is 0.561. The van der Waals surface area contributed by atoms with Gasteiger partial charge in [-0.15, -0.1) is 11.3 Å². The Labute approximate surface area is 115 Å². The van der Waals surface area contributed by atoms with Crippen molar-refractivity contribution in [3.05, 3.63) is 45.5 Å². The zero-order valence-electron chi connectivity index (χ0n) is 10.2. The fourth-order valence-corrected chi connectivity index (χ4v) is 2.60. The predicted octanol–water partition coefficient (Wildman–Crippen LogP) is 4.33. The molecule has 18 heavy (non-hydrogen) atoms. The van der Waals surface area contributed by atoms with E-state index in [1.54, 1.807) is 11.3 Å². The number of hydrogen-bond acceptors (Lipinski definition) is 3. The fraction of sp³-hybridized carbons (Fsp3) is 0.308. The van der Waals surface area contributed by atoms with Crippen LogP contribution in [0.15, 0.2) is 29.8 Å². The molecule has 0 saturated heterocycles. The molecule has 96 valence electrons. The van der Waals surface area contributed by atoms with Crippen LogP contribution < -0.4 is 5.32 Å². The van der Waals surface area contributed by atoms with Crippen molar-refractivity contribution in [1.82, 2.24) is 4.98 Å². The van der Waals surface area contributed by atoms with E-state index in [1.165, 1.54) is 17.1 Å². The van der Waals surface area contributed by atoms with E-state index < -0.39 is 5.82 Å². The van der Waals surface area contributed by atoms with Gasteiger partial charge in [0.1, 0.15) is 0 Å². The summed E-state index contributed by atoms with van der Waals surface area (Å²) >= 11 is 7.36. The second kappa shape index (κ2) is 5.24. The highest BCUT2D eigenvalue weighted by Gasteiger charge is 2.22. The normalized spacial score (nSPS) is 11.6. The number of nitrogens with one attached hydrogen (secondary N) is 1. The lowest BCUT2D eigenvalue weighted by atomic mass is 9.91. The Hall–Kier alpha value is -1.13. The van der Waals surface area contributed by atoms with Crippen LogP contribution >= 0.6 is 22.9 Å². The van der Waals surface area contributed by atoms with E-state index >= 15 is 0 Å². The molecule has 0 bridgehead atoms. The molecule has 0 amide bonds. The van der Waals surface area contributed by atoms with Gasteiger partial charge < -0.3 is 5.32 Å². The molecule has 1 N–H and O–H groups in total. The summed E-state index contributed by atoms with van der Waals surface area (Å²) in [6.45, 7) is 4.83. The Balaban J connectivity index is 2.07. The Morgan fingerprint density at radius 2 is 2.28 bits per heavy atom. The summed E-state index contributed by atoms with van der Waals surface area (Å²) in [5.74, 6) is -0.187. The van der Waals surface area contributed by atoms with Crippen molar-refractivity contribution in [2.45, 2.75) is 19.3 Å².